The molecule has 2 aromatic carbocycles. The number of para-hydroxylation sites is 2. The van der Waals surface area contributed by atoms with Crippen LogP contribution in [0.25, 0.3) is 28.1 Å². The number of fused-ring (bicyclic) bond motifs is 2. The molecule has 0 saturated heterocycles. The highest BCUT2D eigenvalue weighted by molar-refractivity contribution is 9.10. The van der Waals surface area contributed by atoms with Gasteiger partial charge in [0.25, 0.3) is 0 Å². The van der Waals surface area contributed by atoms with Gasteiger partial charge in [-0.15, -0.1) is 0 Å². The first-order valence-electron chi connectivity index (χ1n) is 12.6. The molecular weight excluding hydrogens is 526 g/mol. The standard InChI is InChI=1S/C30H28BrN5O/c1-37-24-14-10-21(11-15-24)33-27-18-30-28(17-26(27)34-22-5-4-16-32-19-22)35-25-6-2-3-7-29(25)36(30)23-12-8-20(31)9-13-23/h2-9,12-13,16-19,21,24,34H,10-11,14-15H2,1H3/b33-27+. The molecule has 0 radical (unpaired) electrons. The maximum Gasteiger partial charge on any atom is 0.0900 e. The number of hydrogen-bond donors (Lipinski definition) is 1. The minimum atomic E-state index is 0.257. The van der Waals surface area contributed by atoms with E-state index in [2.05, 4.69) is 85.4 Å². The fourth-order valence-corrected chi connectivity index (χ4v) is 5.38. The molecule has 0 amide bonds. The molecule has 1 aromatic heterocycles. The van der Waals surface area contributed by atoms with E-state index >= 15 is 0 Å². The second-order valence-electron chi connectivity index (χ2n) is 9.43. The Balaban J connectivity index is 1.57. The number of pyridine rings is 1. The van der Waals surface area contributed by atoms with E-state index in [1.165, 1.54) is 0 Å². The topological polar surface area (TPSA) is 64.3 Å². The van der Waals surface area contributed by atoms with Crippen LogP contribution in [0.5, 0.6) is 0 Å². The van der Waals surface area contributed by atoms with E-state index < -0.39 is 0 Å². The van der Waals surface area contributed by atoms with Crippen LogP contribution in [0.3, 0.4) is 0 Å². The molecule has 37 heavy (non-hydrogen) atoms. The van der Waals surface area contributed by atoms with Crippen LogP contribution >= 0.6 is 15.9 Å². The van der Waals surface area contributed by atoms with Crippen molar-refractivity contribution in [1.82, 2.24) is 14.5 Å². The van der Waals surface area contributed by atoms with Gasteiger partial charge in [-0.05, 0) is 86.3 Å². The van der Waals surface area contributed by atoms with Gasteiger partial charge in [0.05, 0.1) is 57.5 Å². The highest BCUT2D eigenvalue weighted by atomic mass is 79.9. The van der Waals surface area contributed by atoms with E-state index in [1.807, 2.05) is 24.4 Å². The molecule has 1 N–H and O–H groups in total. The summed E-state index contributed by atoms with van der Waals surface area (Å²) in [5.41, 5.74) is 6.83. The van der Waals surface area contributed by atoms with Crippen molar-refractivity contribution in [3.63, 3.8) is 0 Å². The third kappa shape index (κ3) is 5.02. The van der Waals surface area contributed by atoms with E-state index in [0.29, 0.717) is 6.10 Å². The third-order valence-electron chi connectivity index (χ3n) is 7.02. The van der Waals surface area contributed by atoms with Crippen molar-refractivity contribution in [2.45, 2.75) is 37.8 Å². The largest absolute Gasteiger partial charge is 0.381 e. The number of rotatable bonds is 5. The molecule has 0 bridgehead atoms. The molecule has 0 atom stereocenters. The normalized spacial score (nSPS) is 18.4. The van der Waals surface area contributed by atoms with Gasteiger partial charge in [0.2, 0.25) is 0 Å². The molecule has 186 valence electrons. The number of benzene rings is 3. The SMILES string of the molecule is COC1CCC(/N=c2\cc3n(-c4ccc(Br)cc4)c4ccccc4nc-3cc2Nc2cccnc2)CC1. The van der Waals surface area contributed by atoms with Crippen LogP contribution in [0.2, 0.25) is 0 Å². The molecular formula is C30H28BrN5O. The molecule has 0 unspecified atom stereocenters. The van der Waals surface area contributed by atoms with Crippen LogP contribution in [0, 0.1) is 0 Å². The smallest absolute Gasteiger partial charge is 0.0900 e. The van der Waals surface area contributed by atoms with E-state index in [-0.39, 0.29) is 6.04 Å². The summed E-state index contributed by atoms with van der Waals surface area (Å²) in [6.07, 6.45) is 8.06. The predicted octanol–water partition coefficient (Wildman–Crippen LogP) is 6.89. The summed E-state index contributed by atoms with van der Waals surface area (Å²) in [4.78, 5) is 14.6. The first-order valence-corrected chi connectivity index (χ1v) is 13.4. The molecule has 1 fully saturated rings. The Morgan fingerprint density at radius 2 is 1.78 bits per heavy atom. The number of methoxy groups -OCH3 is 1. The second-order valence-corrected chi connectivity index (χ2v) is 10.3. The first-order chi connectivity index (χ1) is 18.2. The van der Waals surface area contributed by atoms with E-state index in [9.17, 15) is 0 Å². The van der Waals surface area contributed by atoms with Gasteiger partial charge in [-0.1, -0.05) is 28.1 Å². The highest BCUT2D eigenvalue weighted by Gasteiger charge is 2.21. The van der Waals surface area contributed by atoms with Crippen molar-refractivity contribution < 1.29 is 4.74 Å². The zero-order valence-corrected chi connectivity index (χ0v) is 22.2. The van der Waals surface area contributed by atoms with Crippen LogP contribution in [0.4, 0.5) is 11.4 Å². The van der Waals surface area contributed by atoms with Gasteiger partial charge in [-0.25, -0.2) is 4.98 Å². The molecule has 0 spiro atoms. The molecule has 6 rings (SSSR count). The predicted molar refractivity (Wildman–Crippen MR) is 152 cm³/mol. The maximum absolute atomic E-state index is 5.59. The summed E-state index contributed by atoms with van der Waals surface area (Å²) in [6, 6.07) is 25.2. The van der Waals surface area contributed by atoms with Crippen molar-refractivity contribution in [2.75, 3.05) is 12.4 Å². The number of anilines is 2. The highest BCUT2D eigenvalue weighted by Crippen LogP contribution is 2.31. The minimum absolute atomic E-state index is 0.257. The summed E-state index contributed by atoms with van der Waals surface area (Å²) in [5, 5.41) is 4.48. The number of nitrogens with one attached hydrogen (secondary N) is 1. The Hall–Kier alpha value is -3.55. The van der Waals surface area contributed by atoms with Gasteiger partial charge in [-0.2, -0.15) is 0 Å². The minimum Gasteiger partial charge on any atom is -0.381 e. The molecule has 2 aliphatic carbocycles. The van der Waals surface area contributed by atoms with Crippen LogP contribution < -0.4 is 10.7 Å². The van der Waals surface area contributed by atoms with Gasteiger partial charge in [-0.3, -0.25) is 9.98 Å². The lowest BCUT2D eigenvalue weighted by Crippen LogP contribution is -2.25. The molecule has 1 aliphatic heterocycles. The van der Waals surface area contributed by atoms with Crippen molar-refractivity contribution in [1.29, 1.82) is 0 Å². The number of aromatic nitrogens is 3. The molecule has 3 aromatic rings. The maximum atomic E-state index is 5.59. The third-order valence-corrected chi connectivity index (χ3v) is 7.55. The molecule has 1 saturated carbocycles. The lowest BCUT2D eigenvalue weighted by molar-refractivity contribution is 0.0663. The quantitative estimate of drug-likeness (QED) is 0.241. The average Bonchev–Trinajstić information content (AvgIpc) is 2.94. The molecule has 2 heterocycles. The number of halogens is 1. The summed E-state index contributed by atoms with van der Waals surface area (Å²) in [5.74, 6) is 0. The van der Waals surface area contributed by atoms with Crippen molar-refractivity contribution in [2.24, 2.45) is 4.99 Å². The van der Waals surface area contributed by atoms with Gasteiger partial charge in [0.1, 0.15) is 0 Å². The summed E-state index contributed by atoms with van der Waals surface area (Å²) >= 11 is 3.58. The summed E-state index contributed by atoms with van der Waals surface area (Å²) < 4.78 is 8.91. The van der Waals surface area contributed by atoms with Gasteiger partial charge < -0.3 is 14.6 Å². The first kappa shape index (κ1) is 23.8. The summed E-state index contributed by atoms with van der Waals surface area (Å²) in [7, 11) is 1.81. The number of ether oxygens (including phenoxy) is 1. The van der Waals surface area contributed by atoms with Crippen molar-refractivity contribution >= 4 is 38.3 Å². The Morgan fingerprint density at radius 1 is 0.973 bits per heavy atom. The zero-order chi connectivity index (χ0) is 25.2. The van der Waals surface area contributed by atoms with Crippen LogP contribution in [-0.4, -0.2) is 33.8 Å². The number of nitrogens with zero attached hydrogens (tertiary/aromatic N) is 4. The van der Waals surface area contributed by atoms with Gasteiger partial charge >= 0.3 is 0 Å². The van der Waals surface area contributed by atoms with E-state index in [1.54, 1.807) is 13.3 Å². The molecule has 7 heteroatoms. The van der Waals surface area contributed by atoms with Gasteiger partial charge in [0, 0.05) is 23.5 Å². The van der Waals surface area contributed by atoms with E-state index in [4.69, 9.17) is 14.7 Å². The fourth-order valence-electron chi connectivity index (χ4n) is 5.12. The van der Waals surface area contributed by atoms with Crippen LogP contribution in [-0.2, 0) is 4.74 Å². The van der Waals surface area contributed by atoms with Crippen LogP contribution in [0.1, 0.15) is 25.7 Å². The van der Waals surface area contributed by atoms with Crippen molar-refractivity contribution in [3.8, 4) is 17.1 Å². The fraction of sp³-hybridized carbons (Fsp3) is 0.233. The zero-order valence-electron chi connectivity index (χ0n) is 20.6. The Morgan fingerprint density at radius 3 is 2.54 bits per heavy atom. The lowest BCUT2D eigenvalue weighted by atomic mass is 9.93. The average molecular weight is 554 g/mol. The molecule has 6 nitrogen and oxygen atoms in total. The van der Waals surface area contributed by atoms with Crippen molar-refractivity contribution in [3.05, 3.63) is 95.0 Å². The van der Waals surface area contributed by atoms with Gasteiger partial charge in [0.15, 0.2) is 0 Å². The lowest BCUT2D eigenvalue weighted by Gasteiger charge is -2.25. The Labute approximate surface area is 224 Å². The number of hydrogen-bond acceptors (Lipinski definition) is 5. The molecule has 3 aliphatic rings. The summed E-state index contributed by atoms with van der Waals surface area (Å²) in [6.45, 7) is 0. The Kier molecular flexibility index (Phi) is 6.72. The monoisotopic (exact) mass is 553 g/mol. The Bertz CT molecular complexity index is 1560. The van der Waals surface area contributed by atoms with Crippen LogP contribution in [0.15, 0.2) is 94.7 Å². The second kappa shape index (κ2) is 10.4. The van der Waals surface area contributed by atoms with E-state index in [0.717, 1.165) is 75.0 Å².